The predicted molar refractivity (Wildman–Crippen MR) is 125 cm³/mol. The number of carbonyl (C=O) groups is 1. The van der Waals surface area contributed by atoms with Crippen molar-refractivity contribution in [1.82, 2.24) is 14.3 Å². The molecule has 1 saturated heterocycles. The van der Waals surface area contributed by atoms with Crippen LogP contribution in [0.25, 0.3) is 11.7 Å². The number of thioether (sulfide) groups is 1. The monoisotopic (exact) mass is 451 g/mol. The van der Waals surface area contributed by atoms with Crippen LogP contribution in [-0.4, -0.2) is 38.2 Å². The number of nitrogens with zero attached hydrogens (tertiary/aromatic N) is 3. The van der Waals surface area contributed by atoms with Gasteiger partial charge >= 0.3 is 0 Å². The Labute approximate surface area is 187 Å². The average molecular weight is 452 g/mol. The molecule has 0 unspecified atom stereocenters. The minimum Gasteiger partial charge on any atom is -0.493 e. The fraction of sp³-hybridized carbons (Fsp3) is 0.0909. The molecule has 0 saturated carbocycles. The normalized spacial score (nSPS) is 15.0. The molecule has 0 bridgehead atoms. The number of methoxy groups -OCH3 is 1. The van der Waals surface area contributed by atoms with E-state index in [0.717, 1.165) is 11.8 Å². The molecule has 2 aromatic heterocycles. The van der Waals surface area contributed by atoms with E-state index in [-0.39, 0.29) is 22.9 Å². The molecular formula is C22H17N3O4S2. The van der Waals surface area contributed by atoms with Crippen LogP contribution in [-0.2, 0) is 4.79 Å². The van der Waals surface area contributed by atoms with Gasteiger partial charge in [-0.15, -0.1) is 6.58 Å². The standard InChI is InChI=1S/C22H17N3O4S2/c1-3-11-25-21(27)17(31-22(25)30)13-14-19(29-16-9-5-4-8-15(16)28-2)23-18-10-6-7-12-24(18)20(14)26/h3-10,12-13H,1,11H2,2H3. The van der Waals surface area contributed by atoms with E-state index >= 15 is 0 Å². The Kier molecular flexibility index (Phi) is 5.88. The van der Waals surface area contributed by atoms with Crippen LogP contribution in [0.1, 0.15) is 5.56 Å². The van der Waals surface area contributed by atoms with Crippen molar-refractivity contribution in [2.75, 3.05) is 13.7 Å². The lowest BCUT2D eigenvalue weighted by Gasteiger charge is -2.12. The third-order valence-corrected chi connectivity index (χ3v) is 5.85. The third kappa shape index (κ3) is 3.97. The van der Waals surface area contributed by atoms with Crippen LogP contribution in [0.2, 0.25) is 0 Å². The van der Waals surface area contributed by atoms with E-state index in [1.165, 1.54) is 22.5 Å². The van der Waals surface area contributed by atoms with Crippen LogP contribution in [0.4, 0.5) is 0 Å². The topological polar surface area (TPSA) is 73.1 Å². The number of amides is 1. The van der Waals surface area contributed by atoms with Gasteiger partial charge in [-0.1, -0.05) is 48.3 Å². The van der Waals surface area contributed by atoms with Crippen LogP contribution in [0.3, 0.4) is 0 Å². The summed E-state index contributed by atoms with van der Waals surface area (Å²) in [6.07, 6.45) is 4.68. The molecule has 1 aliphatic rings. The van der Waals surface area contributed by atoms with E-state index < -0.39 is 0 Å². The number of fused-ring (bicyclic) bond motifs is 1. The molecule has 0 aliphatic carbocycles. The first-order valence-corrected chi connectivity index (χ1v) is 10.4. The molecule has 3 heterocycles. The smallest absolute Gasteiger partial charge is 0.269 e. The Morgan fingerprint density at radius 1 is 1.16 bits per heavy atom. The van der Waals surface area contributed by atoms with Crippen molar-refractivity contribution in [3.8, 4) is 17.4 Å². The summed E-state index contributed by atoms with van der Waals surface area (Å²) < 4.78 is 13.1. The summed E-state index contributed by atoms with van der Waals surface area (Å²) in [7, 11) is 1.52. The molecule has 31 heavy (non-hydrogen) atoms. The molecule has 1 amide bonds. The SMILES string of the molecule is C=CCN1C(=O)C(=Cc2c(Oc3ccccc3OC)nc3ccccn3c2=O)SC1=S. The zero-order chi connectivity index (χ0) is 22.0. The van der Waals surface area contributed by atoms with Crippen molar-refractivity contribution in [3.63, 3.8) is 0 Å². The molecule has 1 aromatic carbocycles. The molecule has 4 rings (SSSR count). The van der Waals surface area contributed by atoms with Crippen LogP contribution in [0, 0.1) is 0 Å². The lowest BCUT2D eigenvalue weighted by atomic mass is 10.2. The van der Waals surface area contributed by atoms with Gasteiger partial charge in [0.1, 0.15) is 15.5 Å². The second kappa shape index (κ2) is 8.75. The van der Waals surface area contributed by atoms with Gasteiger partial charge in [0, 0.05) is 12.7 Å². The van der Waals surface area contributed by atoms with Crippen molar-refractivity contribution in [3.05, 3.63) is 82.1 Å². The van der Waals surface area contributed by atoms with Gasteiger partial charge in [-0.3, -0.25) is 18.9 Å². The number of carbonyl (C=O) groups excluding carboxylic acids is 1. The van der Waals surface area contributed by atoms with Gasteiger partial charge in [-0.25, -0.2) is 0 Å². The van der Waals surface area contributed by atoms with Gasteiger partial charge < -0.3 is 9.47 Å². The number of benzene rings is 1. The van der Waals surface area contributed by atoms with Crippen LogP contribution in [0.15, 0.2) is 71.0 Å². The van der Waals surface area contributed by atoms with Crippen LogP contribution in [0.5, 0.6) is 17.4 Å². The molecule has 1 aliphatic heterocycles. The van der Waals surface area contributed by atoms with Gasteiger partial charge in [0.25, 0.3) is 11.5 Å². The number of thiocarbonyl (C=S) groups is 1. The summed E-state index contributed by atoms with van der Waals surface area (Å²) in [6.45, 7) is 3.94. The second-order valence-corrected chi connectivity index (χ2v) is 8.07. The lowest BCUT2D eigenvalue weighted by molar-refractivity contribution is -0.121. The van der Waals surface area contributed by atoms with Gasteiger partial charge in [0.05, 0.1) is 12.0 Å². The van der Waals surface area contributed by atoms with E-state index in [9.17, 15) is 9.59 Å². The first kappa shape index (κ1) is 20.8. The van der Waals surface area contributed by atoms with Gasteiger partial charge in [-0.05, 0) is 30.3 Å². The summed E-state index contributed by atoms with van der Waals surface area (Å²) >= 11 is 6.41. The van der Waals surface area contributed by atoms with Crippen molar-refractivity contribution in [2.45, 2.75) is 0 Å². The molecular weight excluding hydrogens is 434 g/mol. The highest BCUT2D eigenvalue weighted by Crippen LogP contribution is 2.35. The second-order valence-electron chi connectivity index (χ2n) is 6.40. The van der Waals surface area contributed by atoms with E-state index in [0.29, 0.717) is 32.9 Å². The number of para-hydroxylation sites is 2. The number of aromatic nitrogens is 2. The first-order chi connectivity index (χ1) is 15.0. The number of pyridine rings is 1. The molecule has 0 radical (unpaired) electrons. The number of hydrogen-bond acceptors (Lipinski definition) is 7. The van der Waals surface area contributed by atoms with E-state index in [1.54, 1.807) is 54.7 Å². The summed E-state index contributed by atoms with van der Waals surface area (Å²) in [4.78, 5) is 32.3. The Balaban J connectivity index is 1.87. The fourth-order valence-corrected chi connectivity index (χ4v) is 4.27. The molecule has 0 atom stereocenters. The summed E-state index contributed by atoms with van der Waals surface area (Å²) in [5.41, 5.74) is 0.173. The summed E-state index contributed by atoms with van der Waals surface area (Å²) in [5.74, 6) is 0.650. The summed E-state index contributed by atoms with van der Waals surface area (Å²) in [6, 6.07) is 12.2. The molecule has 156 valence electrons. The number of hydrogen-bond donors (Lipinski definition) is 0. The van der Waals surface area contributed by atoms with E-state index in [2.05, 4.69) is 11.6 Å². The summed E-state index contributed by atoms with van der Waals surface area (Å²) in [5, 5.41) is 0. The van der Waals surface area contributed by atoms with Gasteiger partial charge in [0.15, 0.2) is 11.5 Å². The van der Waals surface area contributed by atoms with Gasteiger partial charge in [0.2, 0.25) is 5.88 Å². The van der Waals surface area contributed by atoms with Crippen molar-refractivity contribution in [2.24, 2.45) is 0 Å². The first-order valence-electron chi connectivity index (χ1n) is 9.22. The maximum atomic E-state index is 13.3. The van der Waals surface area contributed by atoms with Crippen molar-refractivity contribution < 1.29 is 14.3 Å². The maximum absolute atomic E-state index is 13.3. The maximum Gasteiger partial charge on any atom is 0.269 e. The Hall–Kier alpha value is -3.43. The number of ether oxygens (including phenoxy) is 2. The molecule has 0 N–H and O–H groups in total. The predicted octanol–water partition coefficient (Wildman–Crippen LogP) is 3.88. The average Bonchev–Trinajstić information content (AvgIpc) is 3.04. The van der Waals surface area contributed by atoms with Crippen molar-refractivity contribution in [1.29, 1.82) is 0 Å². The highest BCUT2D eigenvalue weighted by atomic mass is 32.2. The Morgan fingerprint density at radius 3 is 2.65 bits per heavy atom. The minimum atomic E-state index is -0.371. The molecule has 9 heteroatoms. The molecule has 7 nitrogen and oxygen atoms in total. The molecule has 1 fully saturated rings. The number of rotatable bonds is 6. The van der Waals surface area contributed by atoms with E-state index in [1.807, 2.05) is 0 Å². The van der Waals surface area contributed by atoms with Gasteiger partial charge in [-0.2, -0.15) is 4.98 Å². The zero-order valence-electron chi connectivity index (χ0n) is 16.5. The molecule has 3 aromatic rings. The fourth-order valence-electron chi connectivity index (χ4n) is 3.01. The highest BCUT2D eigenvalue weighted by molar-refractivity contribution is 8.26. The highest BCUT2D eigenvalue weighted by Gasteiger charge is 2.32. The quantitative estimate of drug-likeness (QED) is 0.320. The molecule has 0 spiro atoms. The zero-order valence-corrected chi connectivity index (χ0v) is 18.1. The van der Waals surface area contributed by atoms with Crippen LogP contribution >= 0.6 is 24.0 Å². The minimum absolute atomic E-state index is 0.0645. The van der Waals surface area contributed by atoms with Crippen LogP contribution < -0.4 is 15.0 Å². The third-order valence-electron chi connectivity index (χ3n) is 4.47. The Morgan fingerprint density at radius 2 is 1.90 bits per heavy atom. The largest absolute Gasteiger partial charge is 0.493 e. The van der Waals surface area contributed by atoms with E-state index in [4.69, 9.17) is 21.7 Å². The van der Waals surface area contributed by atoms with Crippen molar-refractivity contribution >= 4 is 45.9 Å². The lowest BCUT2D eigenvalue weighted by Crippen LogP contribution is -2.28. The Bertz CT molecular complexity index is 1300.